The van der Waals surface area contributed by atoms with Gasteiger partial charge in [0.2, 0.25) is 11.7 Å². The third kappa shape index (κ3) is 2.61. The third-order valence-corrected chi connectivity index (χ3v) is 6.74. The van der Waals surface area contributed by atoms with Gasteiger partial charge in [0, 0.05) is 34.3 Å². The molecule has 2 atom stereocenters. The highest BCUT2D eigenvalue weighted by molar-refractivity contribution is 8.01. The van der Waals surface area contributed by atoms with E-state index in [2.05, 4.69) is 4.98 Å². The van der Waals surface area contributed by atoms with Crippen molar-refractivity contribution in [2.75, 3.05) is 12.4 Å². The Bertz CT molecular complexity index is 921. The molecule has 2 fully saturated rings. The Hall–Kier alpha value is -2.28. The summed E-state index contributed by atoms with van der Waals surface area (Å²) in [6, 6.07) is 6.94. The third-order valence-electron chi connectivity index (χ3n) is 5.23. The molecule has 1 amide bonds. The standard InChI is InChI=1S/C19H20N2O4S/c1-11-17(12-5-3-4-6-13(12)20-11)15(22)9-25-18(24)14-10-26-19(2)8-7-16(23)21(14)19/h3-6,14,20H,7-10H2,1-2H3/t14-,19-/m0/s1. The number of nitrogens with zero attached hydrogens (tertiary/aromatic N) is 1. The van der Waals surface area contributed by atoms with E-state index in [4.69, 9.17) is 4.74 Å². The van der Waals surface area contributed by atoms with Crippen molar-refractivity contribution in [1.82, 2.24) is 9.88 Å². The Morgan fingerprint density at radius 1 is 1.38 bits per heavy atom. The number of carbonyl (C=O) groups excluding carboxylic acids is 3. The number of carbonyl (C=O) groups is 3. The lowest BCUT2D eigenvalue weighted by Gasteiger charge is -2.29. The molecule has 0 spiro atoms. The lowest BCUT2D eigenvalue weighted by molar-refractivity contribution is -0.152. The maximum Gasteiger partial charge on any atom is 0.330 e. The van der Waals surface area contributed by atoms with Crippen molar-refractivity contribution in [2.45, 2.75) is 37.6 Å². The summed E-state index contributed by atoms with van der Waals surface area (Å²) in [6.45, 7) is 3.49. The molecule has 2 aliphatic rings. The number of amides is 1. The summed E-state index contributed by atoms with van der Waals surface area (Å²) < 4.78 is 5.31. The molecule has 6 nitrogen and oxygen atoms in total. The molecule has 3 heterocycles. The molecular weight excluding hydrogens is 352 g/mol. The van der Waals surface area contributed by atoms with Gasteiger partial charge in [-0.2, -0.15) is 0 Å². The number of thioether (sulfide) groups is 1. The number of fused-ring (bicyclic) bond motifs is 2. The van der Waals surface area contributed by atoms with Crippen molar-refractivity contribution >= 4 is 40.3 Å². The summed E-state index contributed by atoms with van der Waals surface area (Å²) in [7, 11) is 0. The number of hydrogen-bond donors (Lipinski definition) is 1. The maximum atomic E-state index is 12.6. The van der Waals surface area contributed by atoms with Crippen LogP contribution in [0.25, 0.3) is 10.9 Å². The number of hydrogen-bond acceptors (Lipinski definition) is 5. The van der Waals surface area contributed by atoms with Gasteiger partial charge in [0.1, 0.15) is 6.04 Å². The zero-order chi connectivity index (χ0) is 18.5. The number of Topliss-reactive ketones (excluding diaryl/α,β-unsaturated/α-hetero) is 1. The highest BCUT2D eigenvalue weighted by Gasteiger charge is 2.53. The van der Waals surface area contributed by atoms with Crippen LogP contribution in [0.5, 0.6) is 0 Å². The largest absolute Gasteiger partial charge is 0.456 e. The first-order chi connectivity index (χ1) is 12.4. The minimum absolute atomic E-state index is 0.0155. The lowest BCUT2D eigenvalue weighted by Crippen LogP contribution is -2.46. The predicted octanol–water partition coefficient (Wildman–Crippen LogP) is 2.66. The fourth-order valence-corrected chi connectivity index (χ4v) is 5.35. The zero-order valence-corrected chi connectivity index (χ0v) is 15.5. The van der Waals surface area contributed by atoms with Crippen molar-refractivity contribution in [2.24, 2.45) is 0 Å². The molecule has 1 aromatic heterocycles. The number of aryl methyl sites for hydroxylation is 1. The monoisotopic (exact) mass is 372 g/mol. The van der Waals surface area contributed by atoms with Crippen LogP contribution in [0, 0.1) is 6.92 Å². The van der Waals surface area contributed by atoms with E-state index in [9.17, 15) is 14.4 Å². The minimum Gasteiger partial charge on any atom is -0.456 e. The van der Waals surface area contributed by atoms with Crippen molar-refractivity contribution in [3.63, 3.8) is 0 Å². The number of benzene rings is 1. The molecule has 2 saturated heterocycles. The van der Waals surface area contributed by atoms with E-state index in [1.54, 1.807) is 16.7 Å². The highest BCUT2D eigenvalue weighted by atomic mass is 32.2. The number of nitrogens with one attached hydrogen (secondary N) is 1. The first kappa shape index (κ1) is 17.1. The van der Waals surface area contributed by atoms with Crippen LogP contribution in [0.1, 0.15) is 35.8 Å². The number of aromatic nitrogens is 1. The summed E-state index contributed by atoms with van der Waals surface area (Å²) in [5.41, 5.74) is 2.19. The zero-order valence-electron chi connectivity index (χ0n) is 14.7. The van der Waals surface area contributed by atoms with Gasteiger partial charge in [-0.05, 0) is 26.3 Å². The van der Waals surface area contributed by atoms with Crippen LogP contribution in [0.3, 0.4) is 0 Å². The second-order valence-electron chi connectivity index (χ2n) is 6.97. The Labute approximate surface area is 155 Å². The van der Waals surface area contributed by atoms with E-state index in [1.807, 2.05) is 38.1 Å². The van der Waals surface area contributed by atoms with Crippen LogP contribution < -0.4 is 0 Å². The first-order valence-electron chi connectivity index (χ1n) is 8.64. The molecule has 0 saturated carbocycles. The van der Waals surface area contributed by atoms with Gasteiger partial charge in [-0.15, -0.1) is 11.8 Å². The van der Waals surface area contributed by atoms with E-state index in [0.29, 0.717) is 17.7 Å². The molecule has 2 aliphatic heterocycles. The summed E-state index contributed by atoms with van der Waals surface area (Å²) in [5.74, 6) is -0.239. The molecule has 136 valence electrons. The number of H-pyrrole nitrogens is 1. The Morgan fingerprint density at radius 2 is 2.15 bits per heavy atom. The summed E-state index contributed by atoms with van der Waals surface area (Å²) in [4.78, 5) is 41.8. The quantitative estimate of drug-likeness (QED) is 0.659. The fourth-order valence-electron chi connectivity index (χ4n) is 3.94. The van der Waals surface area contributed by atoms with Crippen molar-refractivity contribution in [3.05, 3.63) is 35.5 Å². The van der Waals surface area contributed by atoms with E-state index in [0.717, 1.165) is 23.0 Å². The minimum atomic E-state index is -0.600. The molecule has 7 heteroatoms. The van der Waals surface area contributed by atoms with Gasteiger partial charge in [-0.25, -0.2) is 4.79 Å². The fraction of sp³-hybridized carbons (Fsp3) is 0.421. The summed E-state index contributed by atoms with van der Waals surface area (Å²) >= 11 is 1.61. The second kappa shape index (κ2) is 6.16. The molecule has 0 radical (unpaired) electrons. The number of aromatic amines is 1. The van der Waals surface area contributed by atoms with Gasteiger partial charge >= 0.3 is 5.97 Å². The van der Waals surface area contributed by atoms with Crippen LogP contribution in [0.15, 0.2) is 24.3 Å². The Balaban J connectivity index is 1.47. The lowest BCUT2D eigenvalue weighted by atomic mass is 10.1. The van der Waals surface area contributed by atoms with E-state index in [1.165, 1.54) is 0 Å². The molecule has 4 rings (SSSR count). The summed E-state index contributed by atoms with van der Waals surface area (Å²) in [5, 5.41) is 0.824. The number of ketones is 1. The van der Waals surface area contributed by atoms with Gasteiger partial charge in [0.15, 0.2) is 6.61 Å². The van der Waals surface area contributed by atoms with Crippen LogP contribution in [-0.4, -0.2) is 50.8 Å². The Kier molecular flexibility index (Phi) is 4.06. The van der Waals surface area contributed by atoms with Crippen molar-refractivity contribution < 1.29 is 19.1 Å². The molecule has 26 heavy (non-hydrogen) atoms. The second-order valence-corrected chi connectivity index (χ2v) is 8.47. The van der Waals surface area contributed by atoms with Gasteiger partial charge in [-0.1, -0.05) is 18.2 Å². The van der Waals surface area contributed by atoms with Gasteiger partial charge in [-0.3, -0.25) is 9.59 Å². The number of para-hydroxylation sites is 1. The molecule has 1 N–H and O–H groups in total. The Morgan fingerprint density at radius 3 is 2.96 bits per heavy atom. The van der Waals surface area contributed by atoms with E-state index >= 15 is 0 Å². The van der Waals surface area contributed by atoms with Crippen LogP contribution >= 0.6 is 11.8 Å². The van der Waals surface area contributed by atoms with Gasteiger partial charge in [0.25, 0.3) is 0 Å². The number of rotatable bonds is 4. The maximum absolute atomic E-state index is 12.6. The average Bonchev–Trinajstić information content (AvgIpc) is 3.23. The van der Waals surface area contributed by atoms with Gasteiger partial charge < -0.3 is 14.6 Å². The molecule has 0 unspecified atom stereocenters. The highest BCUT2D eigenvalue weighted by Crippen LogP contribution is 2.47. The topological polar surface area (TPSA) is 79.5 Å². The summed E-state index contributed by atoms with van der Waals surface area (Å²) in [6.07, 6.45) is 1.20. The van der Waals surface area contributed by atoms with Crippen molar-refractivity contribution in [3.8, 4) is 0 Å². The van der Waals surface area contributed by atoms with Crippen LogP contribution in [0.2, 0.25) is 0 Å². The van der Waals surface area contributed by atoms with E-state index < -0.39 is 12.0 Å². The molecule has 2 aromatic rings. The molecule has 1 aromatic carbocycles. The number of esters is 1. The first-order valence-corrected chi connectivity index (χ1v) is 9.62. The SMILES string of the molecule is Cc1[nH]c2ccccc2c1C(=O)COC(=O)[C@@H]1CS[C@@]2(C)CCC(=O)N12. The predicted molar refractivity (Wildman–Crippen MR) is 99.1 cm³/mol. The van der Waals surface area contributed by atoms with E-state index in [-0.39, 0.29) is 23.2 Å². The smallest absolute Gasteiger partial charge is 0.330 e. The average molecular weight is 372 g/mol. The molecular formula is C19H20N2O4S. The normalized spacial score (nSPS) is 24.9. The molecule has 0 bridgehead atoms. The van der Waals surface area contributed by atoms with Crippen LogP contribution in [0.4, 0.5) is 0 Å². The van der Waals surface area contributed by atoms with Crippen molar-refractivity contribution in [1.29, 1.82) is 0 Å². The number of ether oxygens (including phenoxy) is 1. The molecule has 0 aliphatic carbocycles. The van der Waals surface area contributed by atoms with Crippen LogP contribution in [-0.2, 0) is 14.3 Å². The van der Waals surface area contributed by atoms with Gasteiger partial charge in [0.05, 0.1) is 4.87 Å².